The van der Waals surface area contributed by atoms with Crippen molar-refractivity contribution in [1.82, 2.24) is 5.32 Å². The Balaban J connectivity index is 2.22. The Hall–Kier alpha value is -2.45. The topological polar surface area (TPSA) is 122 Å². The third-order valence-electron chi connectivity index (χ3n) is 4.76. The lowest BCUT2D eigenvalue weighted by molar-refractivity contribution is -0.146. The van der Waals surface area contributed by atoms with Gasteiger partial charge < -0.3 is 15.6 Å². The number of hydrogen-bond acceptors (Lipinski definition) is 6. The second-order valence-corrected chi connectivity index (χ2v) is 6.79. The summed E-state index contributed by atoms with van der Waals surface area (Å²) in [4.78, 5) is 38.1. The molecule has 8 nitrogen and oxygen atoms in total. The molecule has 154 valence electrons. The number of para-hydroxylation sites is 1. The zero-order chi connectivity index (χ0) is 20.5. The molecule has 2 atom stereocenters. The zero-order valence-electron chi connectivity index (χ0n) is 16.2. The second-order valence-electron chi connectivity index (χ2n) is 6.79. The van der Waals surface area contributed by atoms with Crippen molar-refractivity contribution < 1.29 is 24.2 Å². The van der Waals surface area contributed by atoms with Crippen LogP contribution in [0.15, 0.2) is 24.3 Å². The number of nitrogens with zero attached hydrogens (tertiary/aromatic N) is 1. The van der Waals surface area contributed by atoms with Gasteiger partial charge in [0.2, 0.25) is 5.91 Å². The first-order chi connectivity index (χ1) is 13.5. The number of unbranched alkanes of at least 4 members (excludes halogenated alkanes) is 1. The second kappa shape index (κ2) is 10.8. The fraction of sp³-hybridized carbons (Fsp3) is 0.550. The Kier molecular flexibility index (Phi) is 8.41. The average molecular weight is 391 g/mol. The molecule has 1 heterocycles. The molecule has 0 saturated heterocycles. The molecule has 4 N–H and O–H groups in total. The number of carboxylic acid groups (broad SMARTS) is 1. The van der Waals surface area contributed by atoms with Crippen LogP contribution in [0.1, 0.15) is 38.2 Å². The SMILES string of the molecule is CCOC(=O)[C@H](CCCCN)N[C@H]1CCc2ccccc2N(CC(=O)O)C1=O. The van der Waals surface area contributed by atoms with Crippen LogP contribution in [-0.4, -0.2) is 54.7 Å². The van der Waals surface area contributed by atoms with E-state index in [4.69, 9.17) is 10.5 Å². The highest BCUT2D eigenvalue weighted by Crippen LogP contribution is 2.27. The van der Waals surface area contributed by atoms with E-state index in [9.17, 15) is 19.5 Å². The van der Waals surface area contributed by atoms with Crippen molar-refractivity contribution in [3.8, 4) is 0 Å². The lowest BCUT2D eigenvalue weighted by Crippen LogP contribution is -2.53. The third-order valence-corrected chi connectivity index (χ3v) is 4.76. The van der Waals surface area contributed by atoms with Crippen LogP contribution in [0.25, 0.3) is 0 Å². The standard InChI is InChI=1S/C20H29N3O5/c1-2-28-20(27)16(8-5-6-12-21)22-15-11-10-14-7-3-4-9-17(14)23(19(15)26)13-18(24)25/h3-4,7,9,15-16,22H,2,5-6,8,10-13,21H2,1H3,(H,24,25)/t15-,16-/m0/s1. The van der Waals surface area contributed by atoms with E-state index in [1.807, 2.05) is 12.1 Å². The number of amides is 1. The summed E-state index contributed by atoms with van der Waals surface area (Å²) in [5.41, 5.74) is 7.06. The van der Waals surface area contributed by atoms with E-state index in [0.717, 1.165) is 18.4 Å². The van der Waals surface area contributed by atoms with E-state index in [-0.39, 0.29) is 12.5 Å². The lowest BCUT2D eigenvalue weighted by Gasteiger charge is -2.27. The number of anilines is 1. The van der Waals surface area contributed by atoms with Crippen LogP contribution >= 0.6 is 0 Å². The maximum atomic E-state index is 13.1. The van der Waals surface area contributed by atoms with Gasteiger partial charge in [-0.1, -0.05) is 24.6 Å². The van der Waals surface area contributed by atoms with Crippen molar-refractivity contribution in [3.63, 3.8) is 0 Å². The molecule has 1 aromatic rings. The maximum Gasteiger partial charge on any atom is 0.323 e. The van der Waals surface area contributed by atoms with Crippen LogP contribution in [0.4, 0.5) is 5.69 Å². The molecule has 0 radical (unpaired) electrons. The normalized spacial score (nSPS) is 17.6. The number of esters is 1. The van der Waals surface area contributed by atoms with Gasteiger partial charge in [-0.15, -0.1) is 0 Å². The van der Waals surface area contributed by atoms with Crippen LogP contribution in [0, 0.1) is 0 Å². The number of aliphatic carboxylic acids is 1. The van der Waals surface area contributed by atoms with E-state index in [0.29, 0.717) is 31.5 Å². The monoisotopic (exact) mass is 391 g/mol. The molecule has 0 bridgehead atoms. The lowest BCUT2D eigenvalue weighted by atomic mass is 10.0. The molecule has 28 heavy (non-hydrogen) atoms. The average Bonchev–Trinajstić information content (AvgIpc) is 2.79. The van der Waals surface area contributed by atoms with Crippen molar-refractivity contribution >= 4 is 23.5 Å². The van der Waals surface area contributed by atoms with Crippen molar-refractivity contribution in [1.29, 1.82) is 0 Å². The van der Waals surface area contributed by atoms with Gasteiger partial charge in [0.05, 0.1) is 12.6 Å². The van der Waals surface area contributed by atoms with Crippen LogP contribution in [0.5, 0.6) is 0 Å². The van der Waals surface area contributed by atoms with Gasteiger partial charge in [-0.05, 0) is 50.8 Å². The maximum absolute atomic E-state index is 13.1. The number of fused-ring (bicyclic) bond motifs is 1. The molecule has 0 unspecified atom stereocenters. The van der Waals surface area contributed by atoms with Crippen molar-refractivity contribution in [2.75, 3.05) is 24.6 Å². The predicted octanol–water partition coefficient (Wildman–Crippen LogP) is 1.07. The van der Waals surface area contributed by atoms with Gasteiger partial charge >= 0.3 is 11.9 Å². The van der Waals surface area contributed by atoms with Gasteiger partial charge in [0.15, 0.2) is 0 Å². The summed E-state index contributed by atoms with van der Waals surface area (Å²) in [6.45, 7) is 2.09. The van der Waals surface area contributed by atoms with Gasteiger partial charge in [-0.2, -0.15) is 0 Å². The molecular weight excluding hydrogens is 362 g/mol. The number of nitrogens with two attached hydrogens (primary N) is 1. The molecule has 2 rings (SSSR count). The fourth-order valence-electron chi connectivity index (χ4n) is 3.42. The predicted molar refractivity (Wildman–Crippen MR) is 105 cm³/mol. The highest BCUT2D eigenvalue weighted by Gasteiger charge is 2.34. The summed E-state index contributed by atoms with van der Waals surface area (Å²) in [5, 5.41) is 12.4. The van der Waals surface area contributed by atoms with Gasteiger partial charge in [0, 0.05) is 5.69 Å². The number of ether oxygens (including phenoxy) is 1. The van der Waals surface area contributed by atoms with Crippen molar-refractivity contribution in [2.45, 2.75) is 51.1 Å². The summed E-state index contributed by atoms with van der Waals surface area (Å²) < 4.78 is 5.14. The molecule has 1 amide bonds. The van der Waals surface area contributed by atoms with Crippen LogP contribution in [-0.2, 0) is 25.5 Å². The first-order valence-electron chi connectivity index (χ1n) is 9.71. The molecule has 0 aromatic heterocycles. The minimum absolute atomic E-state index is 0.253. The molecule has 1 aliphatic rings. The first kappa shape index (κ1) is 21.8. The summed E-state index contributed by atoms with van der Waals surface area (Å²) >= 11 is 0. The van der Waals surface area contributed by atoms with E-state index in [1.54, 1.807) is 19.1 Å². The molecule has 8 heteroatoms. The number of carbonyl (C=O) groups excluding carboxylic acids is 2. The highest BCUT2D eigenvalue weighted by molar-refractivity contribution is 6.02. The molecule has 0 spiro atoms. The summed E-state index contributed by atoms with van der Waals surface area (Å²) in [7, 11) is 0. The number of aryl methyl sites for hydroxylation is 1. The smallest absolute Gasteiger partial charge is 0.323 e. The summed E-state index contributed by atoms with van der Waals surface area (Å²) in [6, 6.07) is 5.99. The fourth-order valence-corrected chi connectivity index (χ4v) is 3.42. The van der Waals surface area contributed by atoms with Crippen LogP contribution in [0.2, 0.25) is 0 Å². The summed E-state index contributed by atoms with van der Waals surface area (Å²) in [5.74, 6) is -1.84. The van der Waals surface area contributed by atoms with E-state index < -0.39 is 30.6 Å². The molecular formula is C20H29N3O5. The quantitative estimate of drug-likeness (QED) is 0.403. The number of nitrogens with one attached hydrogen (secondary N) is 1. The van der Waals surface area contributed by atoms with Gasteiger partial charge in [0.1, 0.15) is 12.6 Å². The molecule has 1 aliphatic heterocycles. The Bertz CT molecular complexity index is 694. The molecule has 0 aliphatic carbocycles. The Labute approximate surface area is 165 Å². The van der Waals surface area contributed by atoms with E-state index in [1.165, 1.54) is 4.90 Å². The van der Waals surface area contributed by atoms with Gasteiger partial charge in [-0.25, -0.2) is 0 Å². The number of rotatable bonds is 10. The zero-order valence-corrected chi connectivity index (χ0v) is 16.2. The number of carboxylic acids is 1. The molecule has 1 aromatic carbocycles. The molecule has 0 fully saturated rings. The van der Waals surface area contributed by atoms with E-state index >= 15 is 0 Å². The van der Waals surface area contributed by atoms with Crippen LogP contribution in [0.3, 0.4) is 0 Å². The van der Waals surface area contributed by atoms with Crippen molar-refractivity contribution in [3.05, 3.63) is 29.8 Å². The van der Waals surface area contributed by atoms with Gasteiger partial charge in [0.25, 0.3) is 0 Å². The Morgan fingerprint density at radius 1 is 1.36 bits per heavy atom. The minimum atomic E-state index is -1.09. The third kappa shape index (κ3) is 5.77. The number of hydrogen-bond donors (Lipinski definition) is 3. The number of benzene rings is 1. The Morgan fingerprint density at radius 2 is 2.11 bits per heavy atom. The highest BCUT2D eigenvalue weighted by atomic mass is 16.5. The minimum Gasteiger partial charge on any atom is -0.480 e. The largest absolute Gasteiger partial charge is 0.480 e. The molecule has 0 saturated carbocycles. The summed E-state index contributed by atoms with van der Waals surface area (Å²) in [6.07, 6.45) is 3.08. The van der Waals surface area contributed by atoms with Crippen molar-refractivity contribution in [2.24, 2.45) is 5.73 Å². The first-order valence-corrected chi connectivity index (χ1v) is 9.71. The number of carbonyl (C=O) groups is 3. The van der Waals surface area contributed by atoms with E-state index in [2.05, 4.69) is 5.32 Å². The Morgan fingerprint density at radius 3 is 2.79 bits per heavy atom. The van der Waals surface area contributed by atoms with Crippen LogP contribution < -0.4 is 16.0 Å². The van der Waals surface area contributed by atoms with Gasteiger partial charge in [-0.3, -0.25) is 24.6 Å².